The van der Waals surface area contributed by atoms with Crippen LogP contribution in [0.15, 0.2) is 24.3 Å². The maximum atomic E-state index is 12.7. The number of aryl methyl sites for hydroxylation is 1. The molecule has 0 aliphatic carbocycles. The highest BCUT2D eigenvalue weighted by atomic mass is 35.5. The molecule has 0 radical (unpaired) electrons. The van der Waals surface area contributed by atoms with Crippen LogP contribution in [0.4, 0.5) is 5.69 Å². The van der Waals surface area contributed by atoms with E-state index in [9.17, 15) is 9.59 Å². The van der Waals surface area contributed by atoms with Crippen LogP contribution in [-0.2, 0) is 16.0 Å². The Kier molecular flexibility index (Phi) is 7.23. The quantitative estimate of drug-likeness (QED) is 0.858. The molecule has 2 aliphatic heterocycles. The molecule has 1 aromatic rings. The summed E-state index contributed by atoms with van der Waals surface area (Å²) < 4.78 is 0. The Hall–Kier alpha value is -1.63. The maximum Gasteiger partial charge on any atom is 0.241 e. The molecular weight excluding hydrogens is 340 g/mol. The molecule has 6 nitrogen and oxygen atoms in total. The van der Waals surface area contributed by atoms with Crippen molar-refractivity contribution in [3.63, 3.8) is 0 Å². The minimum absolute atomic E-state index is 0. The average Bonchev–Trinajstić information content (AvgIpc) is 2.62. The number of fused-ring (bicyclic) bond motifs is 1. The van der Waals surface area contributed by atoms with Crippen LogP contribution in [0.25, 0.3) is 0 Å². The number of carbonyl (C=O) groups excluding carboxylic acids is 2. The number of nitrogens with two attached hydrogens (primary N) is 1. The molecule has 2 amide bonds. The van der Waals surface area contributed by atoms with Gasteiger partial charge in [-0.3, -0.25) is 14.5 Å². The van der Waals surface area contributed by atoms with Crippen molar-refractivity contribution < 1.29 is 9.59 Å². The first-order chi connectivity index (χ1) is 11.7. The summed E-state index contributed by atoms with van der Waals surface area (Å²) in [5.41, 5.74) is 7.76. The lowest BCUT2D eigenvalue weighted by Crippen LogP contribution is -2.52. The summed E-state index contributed by atoms with van der Waals surface area (Å²) >= 11 is 0. The number of anilines is 1. The summed E-state index contributed by atoms with van der Waals surface area (Å²) in [5, 5.41) is 0. The molecule has 1 aromatic carbocycles. The Labute approximate surface area is 155 Å². The van der Waals surface area contributed by atoms with Gasteiger partial charge in [0.1, 0.15) is 0 Å². The van der Waals surface area contributed by atoms with Crippen LogP contribution < -0.4 is 10.6 Å². The van der Waals surface area contributed by atoms with Gasteiger partial charge in [0, 0.05) is 51.4 Å². The van der Waals surface area contributed by atoms with Gasteiger partial charge in [-0.05, 0) is 24.5 Å². The van der Waals surface area contributed by atoms with Crippen LogP contribution in [0, 0.1) is 0 Å². The van der Waals surface area contributed by atoms with Crippen molar-refractivity contribution in [3.05, 3.63) is 29.8 Å². The molecule has 3 rings (SSSR count). The Morgan fingerprint density at radius 1 is 1.00 bits per heavy atom. The number of rotatable bonds is 4. The Balaban J connectivity index is 0.00000225. The van der Waals surface area contributed by atoms with Crippen LogP contribution in [0.3, 0.4) is 0 Å². The minimum Gasteiger partial charge on any atom is -0.340 e. The van der Waals surface area contributed by atoms with Crippen LogP contribution in [-0.4, -0.2) is 67.4 Å². The first kappa shape index (κ1) is 19.7. The van der Waals surface area contributed by atoms with Crippen molar-refractivity contribution in [2.75, 3.05) is 50.7 Å². The second-order valence-electron chi connectivity index (χ2n) is 6.47. The van der Waals surface area contributed by atoms with Gasteiger partial charge in [-0.1, -0.05) is 18.2 Å². The molecule has 2 N–H and O–H groups in total. The van der Waals surface area contributed by atoms with Gasteiger partial charge in [-0.15, -0.1) is 12.4 Å². The summed E-state index contributed by atoms with van der Waals surface area (Å²) in [7, 11) is 0. The number of halogens is 1. The number of hydrogen-bond acceptors (Lipinski definition) is 4. The standard InChI is InChI=1S/C18H26N4O2.ClH/c19-8-7-17(23)21-12-10-20(11-13-21)14-18(24)22-9-3-5-15-4-1-2-6-16(15)22;/h1-2,4,6H,3,5,7-14,19H2;1H. The van der Waals surface area contributed by atoms with Crippen molar-refractivity contribution in [2.24, 2.45) is 5.73 Å². The highest BCUT2D eigenvalue weighted by Gasteiger charge is 2.26. The lowest BCUT2D eigenvalue weighted by atomic mass is 10.0. The fourth-order valence-corrected chi connectivity index (χ4v) is 3.51. The number of amides is 2. The monoisotopic (exact) mass is 366 g/mol. The van der Waals surface area contributed by atoms with Gasteiger partial charge < -0.3 is 15.5 Å². The largest absolute Gasteiger partial charge is 0.340 e. The van der Waals surface area contributed by atoms with Gasteiger partial charge >= 0.3 is 0 Å². The van der Waals surface area contributed by atoms with Crippen LogP contribution >= 0.6 is 12.4 Å². The fraction of sp³-hybridized carbons (Fsp3) is 0.556. The van der Waals surface area contributed by atoms with Crippen molar-refractivity contribution in [2.45, 2.75) is 19.3 Å². The van der Waals surface area contributed by atoms with E-state index in [0.717, 1.165) is 38.2 Å². The smallest absolute Gasteiger partial charge is 0.241 e. The third-order valence-electron chi connectivity index (χ3n) is 4.85. The topological polar surface area (TPSA) is 69.9 Å². The van der Waals surface area contributed by atoms with Gasteiger partial charge in [0.2, 0.25) is 11.8 Å². The van der Waals surface area contributed by atoms with E-state index in [0.29, 0.717) is 32.6 Å². The molecule has 0 bridgehead atoms. The van der Waals surface area contributed by atoms with E-state index in [1.165, 1.54) is 5.56 Å². The van der Waals surface area contributed by atoms with Gasteiger partial charge in [0.05, 0.1) is 6.54 Å². The van der Waals surface area contributed by atoms with E-state index in [2.05, 4.69) is 11.0 Å². The normalized spacial score (nSPS) is 17.6. The first-order valence-corrected chi connectivity index (χ1v) is 8.77. The number of benzene rings is 1. The van der Waals surface area contributed by atoms with Crippen molar-refractivity contribution >= 4 is 29.9 Å². The first-order valence-electron chi connectivity index (χ1n) is 8.77. The number of hydrogen-bond donors (Lipinski definition) is 1. The molecular formula is C18H27ClN4O2. The predicted octanol–water partition coefficient (Wildman–Crippen LogP) is 0.881. The summed E-state index contributed by atoms with van der Waals surface area (Å²) in [6, 6.07) is 8.17. The molecule has 25 heavy (non-hydrogen) atoms. The van der Waals surface area contributed by atoms with Gasteiger partial charge in [0.25, 0.3) is 0 Å². The SMILES string of the molecule is Cl.NCCC(=O)N1CCN(CC(=O)N2CCCc3ccccc32)CC1. The van der Waals surface area contributed by atoms with E-state index in [1.807, 2.05) is 28.0 Å². The van der Waals surface area contributed by atoms with Crippen molar-refractivity contribution in [1.82, 2.24) is 9.80 Å². The lowest BCUT2D eigenvalue weighted by molar-refractivity contribution is -0.132. The van der Waals surface area contributed by atoms with E-state index in [1.54, 1.807) is 0 Å². The average molecular weight is 367 g/mol. The number of piperazine rings is 1. The molecule has 1 fully saturated rings. The highest BCUT2D eigenvalue weighted by molar-refractivity contribution is 5.96. The molecule has 0 unspecified atom stereocenters. The maximum absolute atomic E-state index is 12.7. The predicted molar refractivity (Wildman–Crippen MR) is 101 cm³/mol. The zero-order chi connectivity index (χ0) is 16.9. The molecule has 0 atom stereocenters. The number of carbonyl (C=O) groups is 2. The van der Waals surface area contributed by atoms with Gasteiger partial charge in [0.15, 0.2) is 0 Å². The second-order valence-corrected chi connectivity index (χ2v) is 6.47. The molecule has 2 aliphatic rings. The molecule has 0 aromatic heterocycles. The third kappa shape index (κ3) is 4.71. The lowest BCUT2D eigenvalue weighted by Gasteiger charge is -2.36. The molecule has 0 saturated carbocycles. The zero-order valence-electron chi connectivity index (χ0n) is 14.5. The zero-order valence-corrected chi connectivity index (χ0v) is 15.3. The summed E-state index contributed by atoms with van der Waals surface area (Å²) in [5.74, 6) is 0.275. The van der Waals surface area contributed by atoms with E-state index >= 15 is 0 Å². The summed E-state index contributed by atoms with van der Waals surface area (Å²) in [6.07, 6.45) is 2.47. The van der Waals surface area contributed by atoms with Gasteiger partial charge in [-0.25, -0.2) is 0 Å². The van der Waals surface area contributed by atoms with Crippen molar-refractivity contribution in [1.29, 1.82) is 0 Å². The Morgan fingerprint density at radius 3 is 2.44 bits per heavy atom. The second kappa shape index (κ2) is 9.17. The number of nitrogens with zero attached hydrogens (tertiary/aromatic N) is 3. The molecule has 7 heteroatoms. The Morgan fingerprint density at radius 2 is 1.72 bits per heavy atom. The Bertz CT molecular complexity index is 602. The number of para-hydroxylation sites is 1. The molecule has 2 heterocycles. The van der Waals surface area contributed by atoms with Crippen LogP contribution in [0.2, 0.25) is 0 Å². The van der Waals surface area contributed by atoms with Crippen LogP contribution in [0.1, 0.15) is 18.4 Å². The van der Waals surface area contributed by atoms with E-state index < -0.39 is 0 Å². The van der Waals surface area contributed by atoms with Gasteiger partial charge in [-0.2, -0.15) is 0 Å². The summed E-state index contributed by atoms with van der Waals surface area (Å²) in [6.45, 7) is 4.48. The highest BCUT2D eigenvalue weighted by Crippen LogP contribution is 2.26. The van der Waals surface area contributed by atoms with Crippen molar-refractivity contribution in [3.8, 4) is 0 Å². The molecule has 0 spiro atoms. The molecule has 138 valence electrons. The molecule has 1 saturated heterocycles. The summed E-state index contributed by atoms with van der Waals surface area (Å²) in [4.78, 5) is 30.5. The van der Waals surface area contributed by atoms with E-state index in [-0.39, 0.29) is 24.2 Å². The fourth-order valence-electron chi connectivity index (χ4n) is 3.51. The van der Waals surface area contributed by atoms with E-state index in [4.69, 9.17) is 5.73 Å². The van der Waals surface area contributed by atoms with Crippen LogP contribution in [0.5, 0.6) is 0 Å². The minimum atomic E-state index is 0. The third-order valence-corrected chi connectivity index (χ3v) is 4.85.